The maximum absolute atomic E-state index is 12.0. The van der Waals surface area contributed by atoms with Crippen LogP contribution in [0, 0.1) is 12.8 Å². The third kappa shape index (κ3) is 3.54. The van der Waals surface area contributed by atoms with E-state index < -0.39 is 28.0 Å². The highest BCUT2D eigenvalue weighted by atomic mass is 32.2. The highest BCUT2D eigenvalue weighted by molar-refractivity contribution is 7.89. The molecule has 1 aromatic carbocycles. The average molecular weight is 270 g/mol. The van der Waals surface area contributed by atoms with Gasteiger partial charge in [0.25, 0.3) is 0 Å². The molecule has 0 radical (unpaired) electrons. The Morgan fingerprint density at radius 3 is 2.11 bits per heavy atom. The van der Waals surface area contributed by atoms with Crippen LogP contribution in [0.15, 0.2) is 29.2 Å². The lowest BCUT2D eigenvalue weighted by atomic mass is 10.1. The Morgan fingerprint density at radius 1 is 1.22 bits per heavy atom. The molecule has 1 N–H and O–H groups in total. The number of hydrogen-bond donors (Lipinski definition) is 1. The average Bonchev–Trinajstić information content (AvgIpc) is 2.26. The Bertz CT molecular complexity index is 520. The first kappa shape index (κ1) is 14.7. The lowest BCUT2D eigenvalue weighted by Gasteiger charge is -2.23. The van der Waals surface area contributed by atoms with Crippen LogP contribution in [-0.4, -0.2) is 20.4 Å². The zero-order valence-electron chi connectivity index (χ0n) is 10.5. The molecule has 0 bridgehead atoms. The molecule has 1 atom stereocenters. The molecule has 0 aromatic heterocycles. The molecule has 0 saturated heterocycles. The van der Waals surface area contributed by atoms with Gasteiger partial charge in [-0.15, -0.1) is 0 Å². The van der Waals surface area contributed by atoms with Crippen LogP contribution in [0.25, 0.3) is 0 Å². The molecule has 0 aliphatic heterocycles. The minimum atomic E-state index is -3.84. The van der Waals surface area contributed by atoms with Crippen LogP contribution in [-0.2, 0) is 14.8 Å². The number of hydrogen-bond acceptors (Lipinski definition) is 4. The number of aliphatic carboxylic acids is 1. The summed E-state index contributed by atoms with van der Waals surface area (Å²) in [4.78, 5) is 10.9. The summed E-state index contributed by atoms with van der Waals surface area (Å²) in [5, 5.41) is 10.9. The van der Waals surface area contributed by atoms with Crippen molar-refractivity contribution in [3.8, 4) is 0 Å². The molecule has 1 unspecified atom stereocenters. The normalized spacial score (nSPS) is 13.6. The monoisotopic (exact) mass is 270 g/mol. The van der Waals surface area contributed by atoms with Gasteiger partial charge in [0, 0.05) is 0 Å². The number of aryl methyl sites for hydroxylation is 1. The van der Waals surface area contributed by atoms with E-state index in [1.54, 1.807) is 26.0 Å². The minimum absolute atomic E-state index is 0.0417. The van der Waals surface area contributed by atoms with E-state index >= 15 is 0 Å². The number of carboxylic acid groups (broad SMARTS) is 1. The molecular formula is C12H16NO4S-. The second-order valence-electron chi connectivity index (χ2n) is 4.48. The molecule has 6 heteroatoms. The number of rotatable bonds is 5. The lowest BCUT2D eigenvalue weighted by molar-refractivity contribution is -0.309. The quantitative estimate of drug-likeness (QED) is 0.819. The van der Waals surface area contributed by atoms with Gasteiger partial charge in [0.05, 0.1) is 16.9 Å². The third-order valence-corrected chi connectivity index (χ3v) is 3.99. The van der Waals surface area contributed by atoms with Gasteiger partial charge in [0.15, 0.2) is 0 Å². The van der Waals surface area contributed by atoms with E-state index in [4.69, 9.17) is 0 Å². The van der Waals surface area contributed by atoms with Crippen molar-refractivity contribution in [3.63, 3.8) is 0 Å². The Morgan fingerprint density at radius 2 is 1.72 bits per heavy atom. The number of sulfonamides is 1. The number of carbonyl (C=O) groups is 1. The lowest BCUT2D eigenvalue weighted by Crippen LogP contribution is -2.50. The van der Waals surface area contributed by atoms with Crippen molar-refractivity contribution >= 4 is 16.0 Å². The number of carbonyl (C=O) groups excluding carboxylic acids is 1. The maximum Gasteiger partial charge on any atom is 0.241 e. The van der Waals surface area contributed by atoms with Gasteiger partial charge in [-0.1, -0.05) is 31.5 Å². The fraction of sp³-hybridized carbons (Fsp3) is 0.417. The first-order valence-corrected chi connectivity index (χ1v) is 7.02. The topological polar surface area (TPSA) is 86.3 Å². The summed E-state index contributed by atoms with van der Waals surface area (Å²) in [5.74, 6) is -1.82. The van der Waals surface area contributed by atoms with E-state index in [1.165, 1.54) is 12.1 Å². The molecule has 0 fully saturated rings. The van der Waals surface area contributed by atoms with Gasteiger partial charge >= 0.3 is 0 Å². The number of nitrogens with one attached hydrogen (secondary N) is 1. The van der Waals surface area contributed by atoms with Gasteiger partial charge < -0.3 is 9.90 Å². The first-order chi connectivity index (χ1) is 8.24. The molecule has 18 heavy (non-hydrogen) atoms. The summed E-state index contributed by atoms with van der Waals surface area (Å²) in [6.45, 7) is 5.05. The summed E-state index contributed by atoms with van der Waals surface area (Å²) in [7, 11) is -3.84. The van der Waals surface area contributed by atoms with Crippen molar-refractivity contribution in [2.24, 2.45) is 5.92 Å². The molecule has 5 nitrogen and oxygen atoms in total. The van der Waals surface area contributed by atoms with Crippen molar-refractivity contribution in [3.05, 3.63) is 29.8 Å². The van der Waals surface area contributed by atoms with E-state index in [2.05, 4.69) is 4.72 Å². The first-order valence-electron chi connectivity index (χ1n) is 5.54. The second-order valence-corrected chi connectivity index (χ2v) is 6.19. The fourth-order valence-corrected chi connectivity index (χ4v) is 2.74. The minimum Gasteiger partial charge on any atom is -0.548 e. The van der Waals surface area contributed by atoms with Crippen molar-refractivity contribution in [1.82, 2.24) is 4.72 Å². The van der Waals surface area contributed by atoms with Crippen LogP contribution in [0.2, 0.25) is 0 Å². The van der Waals surface area contributed by atoms with Crippen LogP contribution in [0.5, 0.6) is 0 Å². The summed E-state index contributed by atoms with van der Waals surface area (Å²) in [5.41, 5.74) is 0.925. The van der Waals surface area contributed by atoms with Gasteiger partial charge in [-0.2, -0.15) is 0 Å². The van der Waals surface area contributed by atoms with E-state index in [-0.39, 0.29) is 4.90 Å². The van der Waals surface area contributed by atoms with Crippen molar-refractivity contribution in [2.75, 3.05) is 0 Å². The Balaban J connectivity index is 3.01. The molecule has 1 aromatic rings. The van der Waals surface area contributed by atoms with E-state index in [0.717, 1.165) is 5.56 Å². The van der Waals surface area contributed by atoms with E-state index in [1.807, 2.05) is 6.92 Å². The summed E-state index contributed by atoms with van der Waals surface area (Å²) in [6.07, 6.45) is 0. The molecule has 0 saturated carbocycles. The third-order valence-electron chi connectivity index (χ3n) is 2.53. The molecule has 100 valence electrons. The summed E-state index contributed by atoms with van der Waals surface area (Å²) < 4.78 is 26.1. The van der Waals surface area contributed by atoms with Gasteiger partial charge in [0.2, 0.25) is 10.0 Å². The Kier molecular flexibility index (Phi) is 4.48. The highest BCUT2D eigenvalue weighted by Gasteiger charge is 2.23. The Labute approximate surface area is 107 Å². The predicted octanol–water partition coefficient (Wildman–Crippen LogP) is 0.0478. The van der Waals surface area contributed by atoms with Crippen LogP contribution < -0.4 is 9.83 Å². The van der Waals surface area contributed by atoms with Crippen LogP contribution in [0.1, 0.15) is 19.4 Å². The van der Waals surface area contributed by atoms with Crippen molar-refractivity contribution < 1.29 is 18.3 Å². The fourth-order valence-electron chi connectivity index (χ4n) is 1.41. The molecule has 0 spiro atoms. The van der Waals surface area contributed by atoms with E-state index in [9.17, 15) is 18.3 Å². The van der Waals surface area contributed by atoms with Crippen LogP contribution in [0.3, 0.4) is 0 Å². The highest BCUT2D eigenvalue weighted by Crippen LogP contribution is 2.12. The SMILES string of the molecule is Cc1ccc(S(=O)(=O)NC(C(=O)[O-])C(C)C)cc1. The summed E-state index contributed by atoms with van der Waals surface area (Å²) in [6, 6.07) is 4.93. The van der Waals surface area contributed by atoms with Crippen LogP contribution in [0.4, 0.5) is 0 Å². The molecule has 0 heterocycles. The zero-order valence-corrected chi connectivity index (χ0v) is 11.3. The van der Waals surface area contributed by atoms with Gasteiger partial charge in [0.1, 0.15) is 0 Å². The molecule has 0 amide bonds. The molecule has 0 aliphatic carbocycles. The maximum atomic E-state index is 12.0. The molecule has 1 rings (SSSR count). The van der Waals surface area contributed by atoms with Gasteiger partial charge in [-0.05, 0) is 25.0 Å². The smallest absolute Gasteiger partial charge is 0.241 e. The standard InChI is InChI=1S/C12H17NO4S/c1-8(2)11(12(14)15)13-18(16,17)10-6-4-9(3)5-7-10/h4-8,11,13H,1-3H3,(H,14,15)/p-1. The van der Waals surface area contributed by atoms with Crippen molar-refractivity contribution in [2.45, 2.75) is 31.7 Å². The van der Waals surface area contributed by atoms with Gasteiger partial charge in [-0.25, -0.2) is 13.1 Å². The molecule has 0 aliphatic rings. The second kappa shape index (κ2) is 5.49. The largest absolute Gasteiger partial charge is 0.548 e. The molecular weight excluding hydrogens is 254 g/mol. The zero-order chi connectivity index (χ0) is 13.9. The van der Waals surface area contributed by atoms with Gasteiger partial charge in [-0.3, -0.25) is 0 Å². The number of benzene rings is 1. The predicted molar refractivity (Wildman–Crippen MR) is 65.1 cm³/mol. The van der Waals surface area contributed by atoms with Crippen LogP contribution >= 0.6 is 0 Å². The van der Waals surface area contributed by atoms with Crippen molar-refractivity contribution in [1.29, 1.82) is 0 Å². The van der Waals surface area contributed by atoms with E-state index in [0.29, 0.717) is 0 Å². The summed E-state index contributed by atoms with van der Waals surface area (Å²) >= 11 is 0. The Hall–Kier alpha value is -1.40. The number of carboxylic acids is 1.